The molecule has 0 aromatic heterocycles. The smallest absolute Gasteiger partial charge is 0.318 e. The lowest BCUT2D eigenvalue weighted by Gasteiger charge is -2.13. The van der Waals surface area contributed by atoms with E-state index < -0.39 is 21.2 Å². The molecule has 2 rings (SSSR count). The van der Waals surface area contributed by atoms with Crippen LogP contribution in [0.2, 0.25) is 0 Å². The number of nitro benzene ring substituents is 2. The normalized spacial score (nSPS) is 9.96. The van der Waals surface area contributed by atoms with Crippen molar-refractivity contribution in [2.24, 2.45) is 0 Å². The number of hydrogen-bond donors (Lipinski definition) is 0. The van der Waals surface area contributed by atoms with Crippen molar-refractivity contribution >= 4 is 34.0 Å². The van der Waals surface area contributed by atoms with E-state index in [2.05, 4.69) is 0 Å². The second kappa shape index (κ2) is 7.75. The van der Waals surface area contributed by atoms with Gasteiger partial charge in [0, 0.05) is 12.1 Å². The summed E-state index contributed by atoms with van der Waals surface area (Å²) in [7, 11) is 0. The Balaban J connectivity index is 2.54. The Morgan fingerprint density at radius 1 is 1.16 bits per heavy atom. The number of rotatable bonds is 6. The predicted molar refractivity (Wildman–Crippen MR) is 94.9 cm³/mol. The minimum Gasteiger partial charge on any atom is -0.490 e. The van der Waals surface area contributed by atoms with Gasteiger partial charge < -0.3 is 9.47 Å². The zero-order chi connectivity index (χ0) is 18.6. The van der Waals surface area contributed by atoms with Gasteiger partial charge in [0.1, 0.15) is 0 Å². The molecule has 2 aromatic rings. The topological polar surface area (TPSA) is 129 Å². The average Bonchev–Trinajstić information content (AvgIpc) is 2.57. The Morgan fingerprint density at radius 2 is 1.88 bits per heavy atom. The zero-order valence-corrected chi connectivity index (χ0v) is 14.9. The van der Waals surface area contributed by atoms with Gasteiger partial charge in [0.2, 0.25) is 5.75 Å². The van der Waals surface area contributed by atoms with Gasteiger partial charge in [-0.1, -0.05) is 0 Å². The van der Waals surface area contributed by atoms with Crippen LogP contribution in [-0.2, 0) is 0 Å². The van der Waals surface area contributed by atoms with Crippen molar-refractivity contribution in [1.82, 2.24) is 0 Å². The Hall–Kier alpha value is -2.94. The molecule has 0 atom stereocenters. The van der Waals surface area contributed by atoms with E-state index in [-0.39, 0.29) is 17.2 Å². The minimum atomic E-state index is -0.765. The Bertz CT molecular complexity index is 894. The first-order valence-corrected chi connectivity index (χ1v) is 7.92. The van der Waals surface area contributed by atoms with E-state index in [1.54, 1.807) is 6.92 Å². The molecule has 25 heavy (non-hydrogen) atoms. The summed E-state index contributed by atoms with van der Waals surface area (Å²) in [6, 6.07) is 8.07. The summed E-state index contributed by atoms with van der Waals surface area (Å²) in [4.78, 5) is 20.5. The molecule has 0 fully saturated rings. The van der Waals surface area contributed by atoms with Gasteiger partial charge in [0.25, 0.3) is 5.69 Å². The Morgan fingerprint density at radius 3 is 2.44 bits per heavy atom. The van der Waals surface area contributed by atoms with Gasteiger partial charge in [-0.25, -0.2) is 0 Å². The van der Waals surface area contributed by atoms with E-state index in [1.807, 2.05) is 28.7 Å². The lowest BCUT2D eigenvalue weighted by atomic mass is 10.2. The van der Waals surface area contributed by atoms with Crippen LogP contribution in [0.25, 0.3) is 0 Å². The van der Waals surface area contributed by atoms with Crippen LogP contribution in [0.1, 0.15) is 12.5 Å². The standard InChI is InChI=1S/C15H10IN3O6/c1-2-24-14-6-9(8-17)5-11(16)15(14)25-13-4-3-10(18(20)21)7-12(13)19(22)23/h3-7H,2H2,1H3. The van der Waals surface area contributed by atoms with Crippen molar-refractivity contribution in [3.63, 3.8) is 0 Å². The monoisotopic (exact) mass is 455 g/mol. The first kappa shape index (κ1) is 18.4. The molecule has 0 bridgehead atoms. The summed E-state index contributed by atoms with van der Waals surface area (Å²) >= 11 is 1.91. The fourth-order valence-corrected chi connectivity index (χ4v) is 2.66. The molecule has 0 heterocycles. The van der Waals surface area contributed by atoms with Crippen LogP contribution in [0.3, 0.4) is 0 Å². The van der Waals surface area contributed by atoms with E-state index >= 15 is 0 Å². The molecule has 0 saturated carbocycles. The third-order valence-corrected chi connectivity index (χ3v) is 3.80. The minimum absolute atomic E-state index is 0.167. The SMILES string of the molecule is CCOc1cc(C#N)cc(I)c1Oc1ccc([N+](=O)[O-])cc1[N+](=O)[O-]. The molecule has 9 nitrogen and oxygen atoms in total. The van der Waals surface area contributed by atoms with Crippen LogP contribution in [0, 0.1) is 35.1 Å². The molecular formula is C15H10IN3O6. The number of nitro groups is 2. The molecular weight excluding hydrogens is 445 g/mol. The largest absolute Gasteiger partial charge is 0.490 e. The highest BCUT2D eigenvalue weighted by atomic mass is 127. The van der Waals surface area contributed by atoms with E-state index in [4.69, 9.17) is 14.7 Å². The van der Waals surface area contributed by atoms with Crippen LogP contribution in [0.15, 0.2) is 30.3 Å². The maximum Gasteiger partial charge on any atom is 0.318 e. The van der Waals surface area contributed by atoms with Crippen molar-refractivity contribution in [1.29, 1.82) is 5.26 Å². The first-order chi connectivity index (χ1) is 11.9. The van der Waals surface area contributed by atoms with Crippen molar-refractivity contribution in [3.05, 3.63) is 59.7 Å². The first-order valence-electron chi connectivity index (χ1n) is 6.84. The van der Waals surface area contributed by atoms with Crippen molar-refractivity contribution in [2.75, 3.05) is 6.61 Å². The van der Waals surface area contributed by atoms with Crippen LogP contribution in [0.5, 0.6) is 17.2 Å². The van der Waals surface area contributed by atoms with E-state index in [1.165, 1.54) is 12.1 Å². The quantitative estimate of drug-likeness (QED) is 0.363. The molecule has 0 aliphatic carbocycles. The number of ether oxygens (including phenoxy) is 2. The lowest BCUT2D eigenvalue weighted by molar-refractivity contribution is -0.394. The van der Waals surface area contributed by atoms with Crippen molar-refractivity contribution in [3.8, 4) is 23.3 Å². The number of non-ortho nitro benzene ring substituents is 1. The average molecular weight is 455 g/mol. The Labute approximate surface area is 155 Å². The number of hydrogen-bond acceptors (Lipinski definition) is 7. The highest BCUT2D eigenvalue weighted by molar-refractivity contribution is 14.1. The summed E-state index contributed by atoms with van der Waals surface area (Å²) in [5.41, 5.74) is -0.617. The molecule has 0 spiro atoms. The molecule has 128 valence electrons. The van der Waals surface area contributed by atoms with Crippen molar-refractivity contribution < 1.29 is 19.3 Å². The van der Waals surface area contributed by atoms with Crippen LogP contribution >= 0.6 is 22.6 Å². The predicted octanol–water partition coefficient (Wildman–Crippen LogP) is 4.17. The maximum absolute atomic E-state index is 11.2. The molecule has 0 unspecified atom stereocenters. The molecule has 0 aliphatic heterocycles. The fraction of sp³-hybridized carbons (Fsp3) is 0.133. The van der Waals surface area contributed by atoms with Crippen LogP contribution < -0.4 is 9.47 Å². The molecule has 2 aromatic carbocycles. The summed E-state index contributed by atoms with van der Waals surface area (Å²) in [6.45, 7) is 2.04. The molecule has 0 aliphatic rings. The number of nitrogens with zero attached hydrogens (tertiary/aromatic N) is 3. The zero-order valence-electron chi connectivity index (χ0n) is 12.8. The van der Waals surface area contributed by atoms with Crippen LogP contribution in [-0.4, -0.2) is 16.5 Å². The van der Waals surface area contributed by atoms with E-state index in [0.29, 0.717) is 15.7 Å². The molecule has 0 amide bonds. The summed E-state index contributed by atoms with van der Waals surface area (Å²) in [5.74, 6) is 0.274. The van der Waals surface area contributed by atoms with Gasteiger partial charge in [-0.15, -0.1) is 0 Å². The van der Waals surface area contributed by atoms with Gasteiger partial charge in [-0.2, -0.15) is 5.26 Å². The van der Waals surface area contributed by atoms with Gasteiger partial charge in [-0.3, -0.25) is 20.2 Å². The van der Waals surface area contributed by atoms with Crippen molar-refractivity contribution in [2.45, 2.75) is 6.92 Å². The molecule has 10 heteroatoms. The highest BCUT2D eigenvalue weighted by Crippen LogP contribution is 2.41. The second-order valence-electron chi connectivity index (χ2n) is 4.60. The molecule has 0 N–H and O–H groups in total. The molecule has 0 radical (unpaired) electrons. The number of nitriles is 1. The number of halogens is 1. The van der Waals surface area contributed by atoms with Gasteiger partial charge in [0.05, 0.1) is 37.7 Å². The van der Waals surface area contributed by atoms with Gasteiger partial charge in [-0.05, 0) is 41.6 Å². The molecule has 0 saturated heterocycles. The fourth-order valence-electron chi connectivity index (χ4n) is 1.95. The Kier molecular flexibility index (Phi) is 5.71. The van der Waals surface area contributed by atoms with Gasteiger partial charge >= 0.3 is 5.69 Å². The summed E-state index contributed by atoms with van der Waals surface area (Å²) < 4.78 is 11.6. The van der Waals surface area contributed by atoms with Gasteiger partial charge in [0.15, 0.2) is 11.5 Å². The van der Waals surface area contributed by atoms with E-state index in [0.717, 1.165) is 18.2 Å². The third-order valence-electron chi connectivity index (χ3n) is 3.00. The summed E-state index contributed by atoms with van der Waals surface area (Å²) in [5, 5.41) is 31.0. The lowest BCUT2D eigenvalue weighted by Crippen LogP contribution is -2.00. The van der Waals surface area contributed by atoms with Crippen LogP contribution in [0.4, 0.5) is 11.4 Å². The number of benzene rings is 2. The second-order valence-corrected chi connectivity index (χ2v) is 5.76. The van der Waals surface area contributed by atoms with E-state index in [9.17, 15) is 20.2 Å². The third kappa shape index (κ3) is 4.13. The maximum atomic E-state index is 11.2. The highest BCUT2D eigenvalue weighted by Gasteiger charge is 2.23. The summed E-state index contributed by atoms with van der Waals surface area (Å²) in [6.07, 6.45) is 0.